The van der Waals surface area contributed by atoms with Crippen molar-refractivity contribution in [2.45, 2.75) is 57.3 Å². The smallest absolute Gasteiger partial charge is 0.258 e. The van der Waals surface area contributed by atoms with Crippen molar-refractivity contribution in [3.8, 4) is 0 Å². The van der Waals surface area contributed by atoms with Gasteiger partial charge in [-0.3, -0.25) is 4.79 Å². The van der Waals surface area contributed by atoms with E-state index in [1.165, 1.54) is 0 Å². The minimum absolute atomic E-state index is 0.0877. The molecule has 102 valence electrons. The van der Waals surface area contributed by atoms with Gasteiger partial charge in [-0.05, 0) is 27.7 Å². The molecule has 3 rings (SSSR count). The van der Waals surface area contributed by atoms with Crippen LogP contribution in [0.5, 0.6) is 0 Å². The standard InChI is InChI=1S/C12H18O6/c1-9(2)14-6-11(16-9)5-8(13)12(18-11)7-15-10(3,4)17-12/h5-7H2,1-4H3. The molecule has 0 bridgehead atoms. The molecule has 3 aliphatic heterocycles. The molecule has 3 saturated heterocycles. The number of carbonyl (C=O) groups excluding carboxylic acids is 1. The Bertz CT molecular complexity index is 403. The van der Waals surface area contributed by atoms with Crippen LogP contribution in [-0.4, -0.2) is 42.1 Å². The summed E-state index contributed by atoms with van der Waals surface area (Å²) in [6, 6.07) is 0. The van der Waals surface area contributed by atoms with Crippen LogP contribution in [0, 0.1) is 0 Å². The predicted octanol–water partition coefficient (Wildman–Crippen LogP) is 0.934. The summed E-state index contributed by atoms with van der Waals surface area (Å²) in [6.07, 6.45) is 0.121. The minimum Gasteiger partial charge on any atom is -0.345 e. The van der Waals surface area contributed by atoms with E-state index in [-0.39, 0.29) is 25.4 Å². The maximum atomic E-state index is 12.2. The summed E-state index contributed by atoms with van der Waals surface area (Å²) >= 11 is 0. The Morgan fingerprint density at radius 1 is 0.889 bits per heavy atom. The molecule has 0 aliphatic carbocycles. The van der Waals surface area contributed by atoms with Crippen LogP contribution in [0.25, 0.3) is 0 Å². The third-order valence-corrected chi connectivity index (χ3v) is 3.30. The van der Waals surface area contributed by atoms with Gasteiger partial charge in [-0.2, -0.15) is 0 Å². The fraction of sp³-hybridized carbons (Fsp3) is 0.917. The van der Waals surface area contributed by atoms with Gasteiger partial charge in [0.2, 0.25) is 5.79 Å². The summed E-state index contributed by atoms with van der Waals surface area (Å²) < 4.78 is 28.1. The first kappa shape index (κ1) is 12.5. The first-order valence-corrected chi connectivity index (χ1v) is 6.08. The normalized spacial score (nSPS) is 45.4. The zero-order valence-electron chi connectivity index (χ0n) is 11.1. The van der Waals surface area contributed by atoms with Crippen LogP contribution in [0.4, 0.5) is 0 Å². The van der Waals surface area contributed by atoms with Crippen molar-refractivity contribution in [2.75, 3.05) is 13.2 Å². The molecule has 0 aromatic carbocycles. The van der Waals surface area contributed by atoms with Crippen LogP contribution >= 0.6 is 0 Å². The van der Waals surface area contributed by atoms with Crippen LogP contribution in [0.1, 0.15) is 34.1 Å². The number of hydrogen-bond acceptors (Lipinski definition) is 6. The maximum Gasteiger partial charge on any atom is 0.258 e. The molecule has 6 heteroatoms. The van der Waals surface area contributed by atoms with Crippen molar-refractivity contribution >= 4 is 5.78 Å². The van der Waals surface area contributed by atoms with Crippen LogP contribution in [0.2, 0.25) is 0 Å². The average Bonchev–Trinajstić information content (AvgIpc) is 2.74. The molecular formula is C12H18O6. The Morgan fingerprint density at radius 2 is 1.50 bits per heavy atom. The lowest BCUT2D eigenvalue weighted by Gasteiger charge is -2.27. The van der Waals surface area contributed by atoms with Crippen molar-refractivity contribution in [3.05, 3.63) is 0 Å². The Kier molecular flexibility index (Phi) is 2.30. The number of ether oxygens (including phenoxy) is 5. The lowest BCUT2D eigenvalue weighted by molar-refractivity contribution is -0.315. The van der Waals surface area contributed by atoms with E-state index in [1.807, 2.05) is 0 Å². The molecule has 3 aliphatic rings. The highest BCUT2D eigenvalue weighted by atomic mass is 16.9. The molecule has 0 N–H and O–H groups in total. The zero-order valence-corrected chi connectivity index (χ0v) is 11.1. The van der Waals surface area contributed by atoms with Gasteiger partial charge in [-0.15, -0.1) is 0 Å². The Hall–Kier alpha value is -0.530. The van der Waals surface area contributed by atoms with Crippen molar-refractivity contribution in [3.63, 3.8) is 0 Å². The molecule has 18 heavy (non-hydrogen) atoms. The number of rotatable bonds is 0. The molecule has 0 aromatic heterocycles. The van der Waals surface area contributed by atoms with Crippen molar-refractivity contribution < 1.29 is 28.5 Å². The van der Waals surface area contributed by atoms with Gasteiger partial charge in [0.05, 0.1) is 6.42 Å². The number of Topliss-reactive ketones (excluding diaryl/α,β-unsaturated/α-hetero) is 1. The molecule has 0 saturated carbocycles. The predicted molar refractivity (Wildman–Crippen MR) is 58.4 cm³/mol. The van der Waals surface area contributed by atoms with Gasteiger partial charge >= 0.3 is 0 Å². The molecule has 0 radical (unpaired) electrons. The molecule has 6 nitrogen and oxygen atoms in total. The SMILES string of the molecule is CC1(C)OCC2(CC(=O)C3(COC(C)(C)O3)O2)O1. The van der Waals surface area contributed by atoms with Gasteiger partial charge in [-0.25, -0.2) is 0 Å². The lowest BCUT2D eigenvalue weighted by atomic mass is 10.1. The van der Waals surface area contributed by atoms with E-state index >= 15 is 0 Å². The molecule has 3 heterocycles. The fourth-order valence-electron chi connectivity index (χ4n) is 2.61. The van der Waals surface area contributed by atoms with Crippen molar-refractivity contribution in [2.24, 2.45) is 0 Å². The minimum atomic E-state index is -1.34. The van der Waals surface area contributed by atoms with Crippen molar-refractivity contribution in [1.82, 2.24) is 0 Å². The third kappa shape index (κ3) is 1.80. The number of carbonyl (C=O) groups is 1. The Labute approximate surface area is 105 Å². The third-order valence-electron chi connectivity index (χ3n) is 3.30. The monoisotopic (exact) mass is 258 g/mol. The van der Waals surface area contributed by atoms with E-state index in [4.69, 9.17) is 23.7 Å². The van der Waals surface area contributed by atoms with Gasteiger partial charge in [0.1, 0.15) is 13.2 Å². The summed E-state index contributed by atoms with van der Waals surface area (Å²) in [5.41, 5.74) is 0. The van der Waals surface area contributed by atoms with E-state index < -0.39 is 23.1 Å². The highest BCUT2D eigenvalue weighted by Crippen LogP contribution is 2.47. The molecule has 3 fully saturated rings. The molecule has 0 amide bonds. The van der Waals surface area contributed by atoms with E-state index in [1.54, 1.807) is 27.7 Å². The van der Waals surface area contributed by atoms with Crippen LogP contribution < -0.4 is 0 Å². The fourth-order valence-corrected chi connectivity index (χ4v) is 2.61. The topological polar surface area (TPSA) is 63.2 Å². The number of hydrogen-bond donors (Lipinski definition) is 0. The average molecular weight is 258 g/mol. The highest BCUT2D eigenvalue weighted by molar-refractivity contribution is 5.89. The summed E-state index contributed by atoms with van der Waals surface area (Å²) in [7, 11) is 0. The molecule has 2 unspecified atom stereocenters. The molecule has 0 aromatic rings. The van der Waals surface area contributed by atoms with Gasteiger partial charge in [0.25, 0.3) is 5.79 Å². The molecule has 2 spiro atoms. The Morgan fingerprint density at radius 3 is 2.00 bits per heavy atom. The van der Waals surface area contributed by atoms with Crippen molar-refractivity contribution in [1.29, 1.82) is 0 Å². The second-order valence-corrected chi connectivity index (χ2v) is 5.95. The summed E-state index contributed by atoms with van der Waals surface area (Å²) in [5.74, 6) is -4.11. The van der Waals surface area contributed by atoms with E-state index in [0.29, 0.717) is 0 Å². The van der Waals surface area contributed by atoms with Crippen LogP contribution in [0.15, 0.2) is 0 Å². The maximum absolute atomic E-state index is 12.2. The first-order valence-electron chi connectivity index (χ1n) is 6.08. The second-order valence-electron chi connectivity index (χ2n) is 5.95. The molecule has 2 atom stereocenters. The first-order chi connectivity index (χ1) is 8.16. The summed E-state index contributed by atoms with van der Waals surface area (Å²) in [4.78, 5) is 12.2. The van der Waals surface area contributed by atoms with Crippen LogP contribution in [0.3, 0.4) is 0 Å². The summed E-state index contributed by atoms with van der Waals surface area (Å²) in [5, 5.41) is 0. The number of ketones is 1. The highest BCUT2D eigenvalue weighted by Gasteiger charge is 2.66. The quantitative estimate of drug-likeness (QED) is 0.644. The zero-order chi connectivity index (χ0) is 13.2. The second kappa shape index (κ2) is 3.32. The van der Waals surface area contributed by atoms with Gasteiger partial charge in [-0.1, -0.05) is 0 Å². The summed E-state index contributed by atoms with van der Waals surface area (Å²) in [6.45, 7) is 7.38. The molecular weight excluding hydrogens is 240 g/mol. The van der Waals surface area contributed by atoms with Gasteiger partial charge in [0.15, 0.2) is 17.4 Å². The van der Waals surface area contributed by atoms with Crippen LogP contribution in [-0.2, 0) is 28.5 Å². The van der Waals surface area contributed by atoms with E-state index in [9.17, 15) is 4.79 Å². The Balaban J connectivity index is 1.84. The lowest BCUT2D eigenvalue weighted by Crippen LogP contribution is -2.43. The van der Waals surface area contributed by atoms with E-state index in [0.717, 1.165) is 0 Å². The van der Waals surface area contributed by atoms with Gasteiger partial charge in [0, 0.05) is 0 Å². The van der Waals surface area contributed by atoms with E-state index in [2.05, 4.69) is 0 Å². The largest absolute Gasteiger partial charge is 0.345 e. The van der Waals surface area contributed by atoms with Gasteiger partial charge < -0.3 is 23.7 Å².